The minimum absolute atomic E-state index is 0.0360. The van der Waals surface area contributed by atoms with Gasteiger partial charge >= 0.3 is 0 Å². The third kappa shape index (κ3) is 3.26. The van der Waals surface area contributed by atoms with Crippen molar-refractivity contribution in [3.05, 3.63) is 58.8 Å². The van der Waals surface area contributed by atoms with Crippen LogP contribution in [0.3, 0.4) is 0 Å². The molecule has 0 radical (unpaired) electrons. The second-order valence-corrected chi connectivity index (χ2v) is 5.04. The van der Waals surface area contributed by atoms with Crippen LogP contribution in [0.5, 0.6) is 0 Å². The average molecular weight is 277 g/mol. The van der Waals surface area contributed by atoms with Gasteiger partial charge in [0.1, 0.15) is 17.3 Å². The fourth-order valence-electron chi connectivity index (χ4n) is 2.33. The van der Waals surface area contributed by atoms with Crippen molar-refractivity contribution in [2.45, 2.75) is 32.9 Å². The fourth-order valence-corrected chi connectivity index (χ4v) is 2.33. The van der Waals surface area contributed by atoms with E-state index in [1.807, 2.05) is 26.8 Å². The van der Waals surface area contributed by atoms with E-state index in [2.05, 4.69) is 5.32 Å². The maximum atomic E-state index is 13.6. The zero-order valence-electron chi connectivity index (χ0n) is 12.0. The summed E-state index contributed by atoms with van der Waals surface area (Å²) in [5.74, 6) is 1.34. The normalized spacial score (nSPS) is 14.2. The lowest BCUT2D eigenvalue weighted by molar-refractivity contribution is 0.166. The van der Waals surface area contributed by atoms with Gasteiger partial charge < -0.3 is 14.8 Å². The molecular weight excluding hydrogens is 257 g/mol. The minimum Gasteiger partial charge on any atom is -0.466 e. The molecule has 2 aromatic rings. The maximum absolute atomic E-state index is 13.6. The van der Waals surface area contributed by atoms with Gasteiger partial charge in [-0.05, 0) is 32.9 Å². The monoisotopic (exact) mass is 277 g/mol. The first-order valence-electron chi connectivity index (χ1n) is 6.72. The van der Waals surface area contributed by atoms with Crippen molar-refractivity contribution >= 4 is 0 Å². The Bertz CT molecular complexity index is 580. The Labute approximate surface area is 118 Å². The van der Waals surface area contributed by atoms with Crippen molar-refractivity contribution < 1.29 is 13.9 Å². The molecule has 2 atom stereocenters. The van der Waals surface area contributed by atoms with Crippen molar-refractivity contribution in [2.24, 2.45) is 0 Å². The summed E-state index contributed by atoms with van der Waals surface area (Å²) in [5, 5.41) is 13.2. The van der Waals surface area contributed by atoms with Crippen molar-refractivity contribution in [3.63, 3.8) is 0 Å². The number of hydrogen-bond donors (Lipinski definition) is 2. The summed E-state index contributed by atoms with van der Waals surface area (Å²) >= 11 is 0. The van der Waals surface area contributed by atoms with Crippen molar-refractivity contribution in [2.75, 3.05) is 6.54 Å². The molecule has 0 bridgehead atoms. The molecule has 0 saturated carbocycles. The van der Waals surface area contributed by atoms with Gasteiger partial charge in [-0.1, -0.05) is 18.2 Å². The van der Waals surface area contributed by atoms with E-state index in [1.165, 1.54) is 6.07 Å². The SMILES string of the molecule is Cc1cc(C(C)NCC(O)c2ccccc2F)c(C)o1. The van der Waals surface area contributed by atoms with Crippen LogP contribution < -0.4 is 5.32 Å². The number of aliphatic hydroxyl groups excluding tert-OH is 1. The van der Waals surface area contributed by atoms with Crippen LogP contribution in [-0.4, -0.2) is 11.7 Å². The second kappa shape index (κ2) is 6.20. The van der Waals surface area contributed by atoms with E-state index >= 15 is 0 Å². The topological polar surface area (TPSA) is 45.4 Å². The number of aliphatic hydroxyl groups is 1. The number of rotatable bonds is 5. The molecule has 108 valence electrons. The standard InChI is InChI=1S/C16H20FNO2/c1-10-8-14(12(3)20-10)11(2)18-9-16(19)13-6-4-5-7-15(13)17/h4-8,11,16,18-19H,9H2,1-3H3. The van der Waals surface area contributed by atoms with Gasteiger partial charge in [-0.15, -0.1) is 0 Å². The van der Waals surface area contributed by atoms with Gasteiger partial charge in [0.15, 0.2) is 0 Å². The molecule has 1 aromatic heterocycles. The summed E-state index contributed by atoms with van der Waals surface area (Å²) in [6.45, 7) is 6.09. The maximum Gasteiger partial charge on any atom is 0.129 e. The van der Waals surface area contributed by atoms with Gasteiger partial charge in [0, 0.05) is 23.7 Å². The predicted octanol–water partition coefficient (Wildman–Crippen LogP) is 3.42. The summed E-state index contributed by atoms with van der Waals surface area (Å²) in [5.41, 5.74) is 1.37. The van der Waals surface area contributed by atoms with E-state index in [9.17, 15) is 9.50 Å². The first-order chi connectivity index (χ1) is 9.49. The lowest BCUT2D eigenvalue weighted by Gasteiger charge is -2.17. The Morgan fingerprint density at radius 3 is 2.55 bits per heavy atom. The van der Waals surface area contributed by atoms with E-state index in [0.717, 1.165) is 17.1 Å². The van der Waals surface area contributed by atoms with Crippen LogP contribution in [0, 0.1) is 19.7 Å². The molecule has 2 rings (SSSR count). The van der Waals surface area contributed by atoms with E-state index in [0.29, 0.717) is 5.56 Å². The summed E-state index contributed by atoms with van der Waals surface area (Å²) in [4.78, 5) is 0. The van der Waals surface area contributed by atoms with Gasteiger partial charge in [-0.2, -0.15) is 0 Å². The zero-order chi connectivity index (χ0) is 14.7. The lowest BCUT2D eigenvalue weighted by Crippen LogP contribution is -2.25. The molecule has 1 aromatic carbocycles. The van der Waals surface area contributed by atoms with Crippen LogP contribution >= 0.6 is 0 Å². The van der Waals surface area contributed by atoms with Crippen molar-refractivity contribution in [1.82, 2.24) is 5.32 Å². The highest BCUT2D eigenvalue weighted by Gasteiger charge is 2.16. The third-order valence-corrected chi connectivity index (χ3v) is 3.43. The summed E-state index contributed by atoms with van der Waals surface area (Å²) < 4.78 is 19.0. The van der Waals surface area contributed by atoms with Crippen LogP contribution in [0.25, 0.3) is 0 Å². The first-order valence-corrected chi connectivity index (χ1v) is 6.72. The molecule has 1 heterocycles. The van der Waals surface area contributed by atoms with E-state index in [4.69, 9.17) is 4.42 Å². The Morgan fingerprint density at radius 1 is 1.25 bits per heavy atom. The van der Waals surface area contributed by atoms with Gasteiger partial charge in [0.25, 0.3) is 0 Å². The molecule has 0 aliphatic rings. The van der Waals surface area contributed by atoms with Crippen molar-refractivity contribution in [1.29, 1.82) is 0 Å². The molecule has 4 heteroatoms. The summed E-state index contributed by atoms with van der Waals surface area (Å²) in [6, 6.07) is 8.29. The molecule has 20 heavy (non-hydrogen) atoms. The van der Waals surface area contributed by atoms with Gasteiger partial charge in [0.05, 0.1) is 6.10 Å². The van der Waals surface area contributed by atoms with Crippen LogP contribution in [0.2, 0.25) is 0 Å². The highest BCUT2D eigenvalue weighted by atomic mass is 19.1. The van der Waals surface area contributed by atoms with Gasteiger partial charge in [0.2, 0.25) is 0 Å². The Kier molecular flexibility index (Phi) is 4.57. The molecule has 0 saturated heterocycles. The van der Waals surface area contributed by atoms with Crippen LogP contribution in [-0.2, 0) is 0 Å². The molecule has 0 amide bonds. The fraction of sp³-hybridized carbons (Fsp3) is 0.375. The largest absolute Gasteiger partial charge is 0.466 e. The predicted molar refractivity (Wildman–Crippen MR) is 76.0 cm³/mol. The smallest absolute Gasteiger partial charge is 0.129 e. The van der Waals surface area contributed by atoms with Crippen LogP contribution in [0.4, 0.5) is 4.39 Å². The summed E-state index contributed by atoms with van der Waals surface area (Å²) in [7, 11) is 0. The van der Waals surface area contributed by atoms with Crippen LogP contribution in [0.1, 0.15) is 41.7 Å². The molecular formula is C16H20FNO2. The molecule has 0 fully saturated rings. The Hall–Kier alpha value is -1.65. The van der Waals surface area contributed by atoms with E-state index < -0.39 is 6.10 Å². The zero-order valence-corrected chi connectivity index (χ0v) is 12.0. The van der Waals surface area contributed by atoms with E-state index in [-0.39, 0.29) is 18.4 Å². The number of benzene rings is 1. The Morgan fingerprint density at radius 2 is 1.95 bits per heavy atom. The Balaban J connectivity index is 1.98. The molecule has 0 aliphatic heterocycles. The number of furan rings is 1. The number of halogens is 1. The van der Waals surface area contributed by atoms with Crippen molar-refractivity contribution in [3.8, 4) is 0 Å². The first kappa shape index (κ1) is 14.8. The number of hydrogen-bond acceptors (Lipinski definition) is 3. The third-order valence-electron chi connectivity index (χ3n) is 3.43. The minimum atomic E-state index is -0.869. The van der Waals surface area contributed by atoms with Gasteiger partial charge in [-0.25, -0.2) is 4.39 Å². The second-order valence-electron chi connectivity index (χ2n) is 5.04. The van der Waals surface area contributed by atoms with Gasteiger partial charge in [-0.3, -0.25) is 0 Å². The number of nitrogens with one attached hydrogen (secondary N) is 1. The molecule has 3 nitrogen and oxygen atoms in total. The molecule has 2 unspecified atom stereocenters. The lowest BCUT2D eigenvalue weighted by atomic mass is 10.1. The number of aryl methyl sites for hydroxylation is 2. The highest BCUT2D eigenvalue weighted by molar-refractivity contribution is 5.24. The van der Waals surface area contributed by atoms with Crippen LogP contribution in [0.15, 0.2) is 34.7 Å². The molecule has 0 aliphatic carbocycles. The highest BCUT2D eigenvalue weighted by Crippen LogP contribution is 2.22. The summed E-state index contributed by atoms with van der Waals surface area (Å²) in [6.07, 6.45) is -0.869. The van der Waals surface area contributed by atoms with E-state index in [1.54, 1.807) is 18.2 Å². The quantitative estimate of drug-likeness (QED) is 0.880. The molecule has 2 N–H and O–H groups in total. The molecule has 0 spiro atoms. The average Bonchev–Trinajstić information content (AvgIpc) is 2.75.